The highest BCUT2D eigenvalue weighted by molar-refractivity contribution is 5.84. The van der Waals surface area contributed by atoms with Gasteiger partial charge in [0, 0.05) is 19.6 Å². The van der Waals surface area contributed by atoms with Crippen molar-refractivity contribution in [2.75, 3.05) is 19.6 Å². The monoisotopic (exact) mass is 283 g/mol. The van der Waals surface area contributed by atoms with E-state index in [1.807, 2.05) is 6.92 Å². The summed E-state index contributed by atoms with van der Waals surface area (Å²) >= 11 is 0. The predicted octanol–water partition coefficient (Wildman–Crippen LogP) is 0.0987. The molecule has 2 rings (SSSR count). The summed E-state index contributed by atoms with van der Waals surface area (Å²) in [5.74, 6) is -1.73. The van der Waals surface area contributed by atoms with Gasteiger partial charge in [0.15, 0.2) is 0 Å². The summed E-state index contributed by atoms with van der Waals surface area (Å²) in [6.07, 6.45) is 2.18. The van der Waals surface area contributed by atoms with Gasteiger partial charge in [0.05, 0.1) is 5.92 Å². The molecule has 2 fully saturated rings. The van der Waals surface area contributed by atoms with Crippen LogP contribution in [-0.2, 0) is 9.59 Å². The third kappa shape index (κ3) is 2.71. The molecule has 0 spiro atoms. The summed E-state index contributed by atoms with van der Waals surface area (Å²) in [7, 11) is 0. The van der Waals surface area contributed by atoms with Gasteiger partial charge in [0.1, 0.15) is 6.04 Å². The van der Waals surface area contributed by atoms with Crippen molar-refractivity contribution in [2.24, 2.45) is 17.6 Å². The van der Waals surface area contributed by atoms with Crippen LogP contribution in [0.2, 0.25) is 0 Å². The summed E-state index contributed by atoms with van der Waals surface area (Å²) < 4.78 is 0. The van der Waals surface area contributed by atoms with E-state index in [9.17, 15) is 19.5 Å². The summed E-state index contributed by atoms with van der Waals surface area (Å²) in [5, 5.41) is 9.32. The Bertz CT molecular complexity index is 426. The molecule has 7 nitrogen and oxygen atoms in total. The molecule has 0 radical (unpaired) electrons. The van der Waals surface area contributed by atoms with Crippen molar-refractivity contribution in [2.45, 2.75) is 32.2 Å². The van der Waals surface area contributed by atoms with Gasteiger partial charge in [-0.15, -0.1) is 0 Å². The first-order chi connectivity index (χ1) is 9.41. The van der Waals surface area contributed by atoms with E-state index in [1.54, 1.807) is 4.90 Å². The number of piperidine rings is 1. The quantitative estimate of drug-likeness (QED) is 0.750. The van der Waals surface area contributed by atoms with E-state index in [0.717, 1.165) is 12.8 Å². The fraction of sp³-hybridized carbons (Fsp3) is 0.769. The number of carbonyl (C=O) groups excluding carboxylic acids is 2. The number of likely N-dealkylation sites (tertiary alicyclic amines) is 2. The van der Waals surface area contributed by atoms with Crippen LogP contribution >= 0.6 is 0 Å². The van der Waals surface area contributed by atoms with Gasteiger partial charge in [0.25, 0.3) is 0 Å². The van der Waals surface area contributed by atoms with E-state index < -0.39 is 17.9 Å². The SMILES string of the molecule is CC1CCCN(C(=O)N2CCC(C(N)=O)C2)C1C(=O)O. The van der Waals surface area contributed by atoms with E-state index in [1.165, 1.54) is 4.90 Å². The first-order valence-electron chi connectivity index (χ1n) is 6.99. The molecule has 0 aromatic heterocycles. The van der Waals surface area contributed by atoms with Gasteiger partial charge in [-0.1, -0.05) is 6.92 Å². The maximum absolute atomic E-state index is 12.5. The predicted molar refractivity (Wildman–Crippen MR) is 70.8 cm³/mol. The smallest absolute Gasteiger partial charge is 0.326 e. The summed E-state index contributed by atoms with van der Waals surface area (Å²) in [6, 6.07) is -1.06. The Morgan fingerprint density at radius 3 is 2.45 bits per heavy atom. The number of primary amides is 1. The lowest BCUT2D eigenvalue weighted by molar-refractivity contribution is -0.145. The molecule has 20 heavy (non-hydrogen) atoms. The van der Waals surface area contributed by atoms with Gasteiger partial charge in [-0.25, -0.2) is 9.59 Å². The minimum absolute atomic E-state index is 0.0558. The molecule has 3 amide bonds. The number of carboxylic acid groups (broad SMARTS) is 1. The molecule has 112 valence electrons. The number of hydrogen-bond donors (Lipinski definition) is 2. The maximum atomic E-state index is 12.5. The molecule has 0 bridgehead atoms. The van der Waals surface area contributed by atoms with Crippen molar-refractivity contribution >= 4 is 17.9 Å². The molecular formula is C13H21N3O4. The zero-order chi connectivity index (χ0) is 14.9. The molecule has 3 atom stereocenters. The van der Waals surface area contributed by atoms with Gasteiger partial charge in [-0.3, -0.25) is 4.79 Å². The lowest BCUT2D eigenvalue weighted by atomic mass is 9.91. The fourth-order valence-corrected chi connectivity index (χ4v) is 3.13. The molecule has 0 saturated carbocycles. The highest BCUT2D eigenvalue weighted by Crippen LogP contribution is 2.26. The van der Waals surface area contributed by atoms with Crippen molar-refractivity contribution in [3.05, 3.63) is 0 Å². The minimum Gasteiger partial charge on any atom is -0.480 e. The lowest BCUT2D eigenvalue weighted by Gasteiger charge is -2.39. The average Bonchev–Trinajstić information content (AvgIpc) is 2.86. The number of rotatable bonds is 2. The van der Waals surface area contributed by atoms with Crippen LogP contribution in [0, 0.1) is 11.8 Å². The van der Waals surface area contributed by atoms with Crippen molar-refractivity contribution < 1.29 is 19.5 Å². The highest BCUT2D eigenvalue weighted by atomic mass is 16.4. The summed E-state index contributed by atoms with van der Waals surface area (Å²) in [6.45, 7) is 3.07. The third-order valence-electron chi connectivity index (χ3n) is 4.29. The Kier molecular flexibility index (Phi) is 4.15. The lowest BCUT2D eigenvalue weighted by Crippen LogP contribution is -2.55. The van der Waals surface area contributed by atoms with Crippen LogP contribution in [0.5, 0.6) is 0 Å². The van der Waals surface area contributed by atoms with Gasteiger partial charge in [-0.2, -0.15) is 0 Å². The first kappa shape index (κ1) is 14.6. The number of nitrogens with two attached hydrogens (primary N) is 1. The second-order valence-electron chi connectivity index (χ2n) is 5.71. The van der Waals surface area contributed by atoms with Crippen LogP contribution in [0.1, 0.15) is 26.2 Å². The number of urea groups is 1. The number of amides is 3. The van der Waals surface area contributed by atoms with Crippen LogP contribution < -0.4 is 5.73 Å². The van der Waals surface area contributed by atoms with E-state index in [-0.39, 0.29) is 17.9 Å². The normalized spacial score (nSPS) is 30.4. The highest BCUT2D eigenvalue weighted by Gasteiger charge is 2.40. The van der Waals surface area contributed by atoms with Crippen LogP contribution in [0.4, 0.5) is 4.79 Å². The Balaban J connectivity index is 2.07. The average molecular weight is 283 g/mol. The van der Waals surface area contributed by atoms with E-state index in [2.05, 4.69) is 0 Å². The van der Waals surface area contributed by atoms with Crippen molar-refractivity contribution in [3.63, 3.8) is 0 Å². The number of aliphatic carboxylic acids is 1. The second-order valence-corrected chi connectivity index (χ2v) is 5.71. The van der Waals surface area contributed by atoms with Gasteiger partial charge in [0.2, 0.25) is 5.91 Å². The Morgan fingerprint density at radius 2 is 1.90 bits per heavy atom. The van der Waals surface area contributed by atoms with Crippen LogP contribution in [-0.4, -0.2) is 58.5 Å². The zero-order valence-corrected chi connectivity index (χ0v) is 11.6. The Morgan fingerprint density at radius 1 is 1.20 bits per heavy atom. The maximum Gasteiger partial charge on any atom is 0.326 e. The van der Waals surface area contributed by atoms with Crippen molar-refractivity contribution in [1.82, 2.24) is 9.80 Å². The second kappa shape index (κ2) is 5.68. The van der Waals surface area contributed by atoms with Gasteiger partial charge < -0.3 is 20.6 Å². The van der Waals surface area contributed by atoms with E-state index in [0.29, 0.717) is 26.1 Å². The summed E-state index contributed by atoms with van der Waals surface area (Å²) in [4.78, 5) is 38.0. The summed E-state index contributed by atoms with van der Waals surface area (Å²) in [5.41, 5.74) is 5.25. The van der Waals surface area contributed by atoms with Gasteiger partial charge in [-0.05, 0) is 25.2 Å². The number of carbonyl (C=O) groups is 3. The van der Waals surface area contributed by atoms with Gasteiger partial charge >= 0.3 is 12.0 Å². The molecule has 0 aromatic rings. The number of hydrogen-bond acceptors (Lipinski definition) is 3. The number of nitrogens with zero attached hydrogens (tertiary/aromatic N) is 2. The van der Waals surface area contributed by atoms with Crippen LogP contribution in [0.25, 0.3) is 0 Å². The molecule has 7 heteroatoms. The van der Waals surface area contributed by atoms with Crippen LogP contribution in [0.15, 0.2) is 0 Å². The van der Waals surface area contributed by atoms with E-state index in [4.69, 9.17) is 5.73 Å². The van der Waals surface area contributed by atoms with E-state index >= 15 is 0 Å². The molecule has 0 aliphatic carbocycles. The molecule has 3 N–H and O–H groups in total. The number of carboxylic acids is 1. The molecule has 3 unspecified atom stereocenters. The third-order valence-corrected chi connectivity index (χ3v) is 4.29. The molecule has 2 saturated heterocycles. The molecule has 2 heterocycles. The topological polar surface area (TPSA) is 104 Å². The Labute approximate surface area is 117 Å². The Hall–Kier alpha value is -1.79. The largest absolute Gasteiger partial charge is 0.480 e. The van der Waals surface area contributed by atoms with Crippen molar-refractivity contribution in [3.8, 4) is 0 Å². The fourth-order valence-electron chi connectivity index (χ4n) is 3.13. The molecule has 2 aliphatic heterocycles. The van der Waals surface area contributed by atoms with Crippen LogP contribution in [0.3, 0.4) is 0 Å². The standard InChI is InChI=1S/C13H21N3O4/c1-8-3-2-5-16(10(8)12(18)19)13(20)15-6-4-9(7-15)11(14)17/h8-10H,2-7H2,1H3,(H2,14,17)(H,18,19). The molecule has 0 aromatic carbocycles. The minimum atomic E-state index is -0.962. The first-order valence-corrected chi connectivity index (χ1v) is 6.99. The molecule has 2 aliphatic rings. The molecular weight excluding hydrogens is 262 g/mol. The van der Waals surface area contributed by atoms with Crippen molar-refractivity contribution in [1.29, 1.82) is 0 Å². The zero-order valence-electron chi connectivity index (χ0n) is 11.6.